The second-order valence-corrected chi connectivity index (χ2v) is 9.68. The van der Waals surface area contributed by atoms with Crippen LogP contribution in [0.3, 0.4) is 0 Å². The smallest absolute Gasteiger partial charge is 0.248 e. The molecule has 0 unspecified atom stereocenters. The lowest BCUT2D eigenvalue weighted by Crippen LogP contribution is -2.13. The third kappa shape index (κ3) is 4.95. The van der Waals surface area contributed by atoms with Gasteiger partial charge >= 0.3 is 0 Å². The summed E-state index contributed by atoms with van der Waals surface area (Å²) in [5.41, 5.74) is 7.83. The molecule has 6 rings (SSSR count). The van der Waals surface area contributed by atoms with Crippen molar-refractivity contribution in [3.63, 3.8) is 0 Å². The molecule has 1 amide bonds. The molecule has 0 fully saturated rings. The first-order valence-electron chi connectivity index (χ1n) is 12.5. The van der Waals surface area contributed by atoms with Crippen molar-refractivity contribution < 1.29 is 9.21 Å². The quantitative estimate of drug-likeness (QED) is 0.271. The van der Waals surface area contributed by atoms with Crippen molar-refractivity contribution in [1.29, 1.82) is 0 Å². The van der Waals surface area contributed by atoms with Crippen molar-refractivity contribution in [3.8, 4) is 33.4 Å². The average molecular weight is 518 g/mol. The van der Waals surface area contributed by atoms with Crippen molar-refractivity contribution in [1.82, 2.24) is 29.6 Å². The molecule has 1 aromatic carbocycles. The summed E-state index contributed by atoms with van der Waals surface area (Å²) in [6.45, 7) is 0.682. The van der Waals surface area contributed by atoms with Crippen LogP contribution in [0, 0.1) is 0 Å². The minimum absolute atomic E-state index is 0.186. The molecule has 39 heavy (non-hydrogen) atoms. The number of benzene rings is 1. The highest BCUT2D eigenvalue weighted by Gasteiger charge is 2.15. The molecule has 0 aliphatic rings. The first-order chi connectivity index (χ1) is 18.9. The second kappa shape index (κ2) is 10.0. The van der Waals surface area contributed by atoms with Crippen LogP contribution in [0.15, 0.2) is 90.2 Å². The van der Waals surface area contributed by atoms with Gasteiger partial charge < -0.3 is 19.6 Å². The normalized spacial score (nSPS) is 11.8. The highest BCUT2D eigenvalue weighted by Crippen LogP contribution is 2.36. The Morgan fingerprint density at radius 2 is 1.87 bits per heavy atom. The highest BCUT2D eigenvalue weighted by atomic mass is 16.3. The molecular weight excluding hydrogens is 490 g/mol. The molecule has 194 valence electrons. The fourth-order valence-electron chi connectivity index (χ4n) is 4.65. The number of hydrogen-bond donors (Lipinski definition) is 2. The van der Waals surface area contributed by atoms with E-state index in [1.807, 2.05) is 81.2 Å². The van der Waals surface area contributed by atoms with Gasteiger partial charge in [0.05, 0.1) is 12.5 Å². The number of aryl methyl sites for hydroxylation is 1. The first-order valence-corrected chi connectivity index (χ1v) is 12.5. The van der Waals surface area contributed by atoms with Crippen LogP contribution in [-0.4, -0.2) is 56.2 Å². The minimum Gasteiger partial charge on any atom is -0.446 e. The number of hydrogen-bond acceptors (Lipinski definition) is 6. The fourth-order valence-corrected chi connectivity index (χ4v) is 4.65. The van der Waals surface area contributed by atoms with Crippen LogP contribution in [0.5, 0.6) is 0 Å². The summed E-state index contributed by atoms with van der Waals surface area (Å²) in [6.07, 6.45) is 14.4. The molecule has 0 atom stereocenters. The predicted molar refractivity (Wildman–Crippen MR) is 153 cm³/mol. The third-order valence-corrected chi connectivity index (χ3v) is 6.50. The lowest BCUT2D eigenvalue weighted by Gasteiger charge is -2.11. The fraction of sp³-hybridized carbons (Fsp3) is 0.133. The number of anilines is 1. The van der Waals surface area contributed by atoms with Gasteiger partial charge in [0.1, 0.15) is 5.65 Å². The van der Waals surface area contributed by atoms with Gasteiger partial charge in [-0.2, -0.15) is 5.10 Å². The summed E-state index contributed by atoms with van der Waals surface area (Å²) in [5, 5.41) is 9.26. The van der Waals surface area contributed by atoms with Gasteiger partial charge in [-0.25, -0.2) is 9.97 Å². The highest BCUT2D eigenvalue weighted by molar-refractivity contribution is 6.04. The standard InChI is InChI=1S/C30H27N7O2/c1-36(2)9-4-5-28(38)35-23-12-19(11-20(13-23)22-16-34-37(3)18-22)21-14-26-27(17-33-29(26)32-15-21)24-6-8-31-30-25(24)7-10-39-30/h4-8,10-18H,9H2,1-3H3,(H,32,33)(H,35,38). The summed E-state index contributed by atoms with van der Waals surface area (Å²) >= 11 is 0. The maximum Gasteiger partial charge on any atom is 0.248 e. The number of aromatic nitrogens is 5. The average Bonchev–Trinajstić information content (AvgIpc) is 3.67. The van der Waals surface area contributed by atoms with Crippen LogP contribution in [0.25, 0.3) is 55.5 Å². The third-order valence-electron chi connectivity index (χ3n) is 6.50. The summed E-state index contributed by atoms with van der Waals surface area (Å²) in [4.78, 5) is 27.0. The zero-order valence-electron chi connectivity index (χ0n) is 21.8. The lowest BCUT2D eigenvalue weighted by molar-refractivity contribution is -0.111. The maximum absolute atomic E-state index is 12.7. The van der Waals surface area contributed by atoms with Gasteiger partial charge in [0.15, 0.2) is 0 Å². The number of carbonyl (C=O) groups is 1. The number of furan rings is 1. The first kappa shape index (κ1) is 24.3. The van der Waals surface area contributed by atoms with E-state index in [9.17, 15) is 4.79 Å². The maximum atomic E-state index is 12.7. The molecule has 0 bridgehead atoms. The van der Waals surface area contributed by atoms with Gasteiger partial charge in [0.2, 0.25) is 11.6 Å². The number of amides is 1. The number of carbonyl (C=O) groups excluding carboxylic acids is 1. The molecule has 0 saturated heterocycles. The molecule has 0 aliphatic heterocycles. The van der Waals surface area contributed by atoms with Crippen LogP contribution in [0.2, 0.25) is 0 Å². The van der Waals surface area contributed by atoms with Crippen molar-refractivity contribution in [2.24, 2.45) is 7.05 Å². The minimum atomic E-state index is -0.186. The van der Waals surface area contributed by atoms with E-state index in [1.54, 1.807) is 23.2 Å². The van der Waals surface area contributed by atoms with E-state index in [4.69, 9.17) is 9.40 Å². The van der Waals surface area contributed by atoms with Crippen LogP contribution < -0.4 is 5.32 Å². The molecule has 0 radical (unpaired) electrons. The van der Waals surface area contributed by atoms with E-state index >= 15 is 0 Å². The van der Waals surface area contributed by atoms with E-state index in [-0.39, 0.29) is 5.91 Å². The van der Waals surface area contributed by atoms with E-state index in [1.165, 1.54) is 0 Å². The second-order valence-electron chi connectivity index (χ2n) is 9.68. The SMILES string of the molecule is CN(C)CC=CC(=O)Nc1cc(-c2cnc3[nH]cc(-c4ccnc5occc45)c3c2)cc(-c2cnn(C)c2)c1. The van der Waals surface area contributed by atoms with E-state index in [0.29, 0.717) is 17.9 Å². The van der Waals surface area contributed by atoms with E-state index in [0.717, 1.165) is 49.8 Å². The van der Waals surface area contributed by atoms with Gasteiger partial charge in [-0.15, -0.1) is 0 Å². The van der Waals surface area contributed by atoms with Crippen LogP contribution in [0.1, 0.15) is 0 Å². The Balaban J connectivity index is 1.43. The molecule has 0 spiro atoms. The number of H-pyrrole nitrogens is 1. The Bertz CT molecular complexity index is 1840. The number of nitrogens with one attached hydrogen (secondary N) is 2. The Labute approximate surface area is 224 Å². The van der Waals surface area contributed by atoms with Crippen molar-refractivity contribution in [2.75, 3.05) is 26.0 Å². The van der Waals surface area contributed by atoms with Crippen molar-refractivity contribution in [3.05, 3.63) is 85.8 Å². The zero-order valence-corrected chi connectivity index (χ0v) is 21.8. The summed E-state index contributed by atoms with van der Waals surface area (Å²) in [5.74, 6) is -0.186. The summed E-state index contributed by atoms with van der Waals surface area (Å²) < 4.78 is 7.27. The molecule has 5 aromatic heterocycles. The lowest BCUT2D eigenvalue weighted by atomic mass is 9.98. The van der Waals surface area contributed by atoms with Crippen LogP contribution in [-0.2, 0) is 11.8 Å². The van der Waals surface area contributed by atoms with Gasteiger partial charge in [0.25, 0.3) is 0 Å². The van der Waals surface area contributed by atoms with Gasteiger partial charge in [-0.05, 0) is 67.2 Å². The van der Waals surface area contributed by atoms with E-state index in [2.05, 4.69) is 32.5 Å². The largest absolute Gasteiger partial charge is 0.446 e. The Morgan fingerprint density at radius 3 is 2.67 bits per heavy atom. The molecule has 9 heteroatoms. The number of rotatable bonds is 7. The Kier molecular flexibility index (Phi) is 6.26. The number of aromatic amines is 1. The Hall–Kier alpha value is -5.02. The van der Waals surface area contributed by atoms with Crippen molar-refractivity contribution >= 4 is 33.7 Å². The summed E-state index contributed by atoms with van der Waals surface area (Å²) in [6, 6.07) is 12.0. The van der Waals surface area contributed by atoms with Gasteiger partial charge in [-0.3, -0.25) is 9.48 Å². The topological polar surface area (TPSA) is 105 Å². The van der Waals surface area contributed by atoms with Crippen LogP contribution in [0.4, 0.5) is 5.69 Å². The van der Waals surface area contributed by atoms with Crippen LogP contribution >= 0.6 is 0 Å². The molecule has 0 saturated carbocycles. The van der Waals surface area contributed by atoms with E-state index < -0.39 is 0 Å². The molecular formula is C30H27N7O2. The number of nitrogens with zero attached hydrogens (tertiary/aromatic N) is 5. The zero-order chi connectivity index (χ0) is 26.9. The van der Waals surface area contributed by atoms with Gasteiger partial charge in [-0.1, -0.05) is 6.08 Å². The monoisotopic (exact) mass is 517 g/mol. The number of likely N-dealkylation sites (N-methyl/N-ethyl adjacent to an activating group) is 1. The molecule has 2 N–H and O–H groups in total. The summed E-state index contributed by atoms with van der Waals surface area (Å²) in [7, 11) is 5.80. The molecule has 5 heterocycles. The molecule has 0 aliphatic carbocycles. The molecule has 9 nitrogen and oxygen atoms in total. The Morgan fingerprint density at radius 1 is 1.03 bits per heavy atom. The number of fused-ring (bicyclic) bond motifs is 2. The van der Waals surface area contributed by atoms with Crippen molar-refractivity contribution in [2.45, 2.75) is 0 Å². The molecule has 6 aromatic rings. The predicted octanol–water partition coefficient (Wildman–Crippen LogP) is 5.49. The number of pyridine rings is 2. The van der Waals surface area contributed by atoms with Gasteiger partial charge in [0, 0.05) is 77.6 Å².